The average Bonchev–Trinajstić information content (AvgIpc) is 2.93. The van der Waals surface area contributed by atoms with Crippen LogP contribution in [0.15, 0.2) is 24.3 Å². The predicted molar refractivity (Wildman–Crippen MR) is 101 cm³/mol. The van der Waals surface area contributed by atoms with Crippen LogP contribution in [0, 0.1) is 17.8 Å². The lowest BCUT2D eigenvalue weighted by Crippen LogP contribution is -2.58. The van der Waals surface area contributed by atoms with Crippen molar-refractivity contribution in [3.05, 3.63) is 35.4 Å². The van der Waals surface area contributed by atoms with Gasteiger partial charge in [0.2, 0.25) is 5.91 Å². The smallest absolute Gasteiger partial charge is 0.407 e. The van der Waals surface area contributed by atoms with Gasteiger partial charge in [-0.2, -0.15) is 0 Å². The van der Waals surface area contributed by atoms with E-state index in [1.807, 2.05) is 0 Å². The Balaban J connectivity index is 1.18. The molecule has 1 aromatic rings. The van der Waals surface area contributed by atoms with Gasteiger partial charge in [-0.05, 0) is 47.1 Å². The minimum Gasteiger partial charge on any atom is -0.447 e. The molecule has 0 radical (unpaired) electrons. The van der Waals surface area contributed by atoms with Crippen LogP contribution in [0.3, 0.4) is 0 Å². The molecular weight excluding hydrogens is 340 g/mol. The van der Waals surface area contributed by atoms with Gasteiger partial charge in [0.1, 0.15) is 6.61 Å². The van der Waals surface area contributed by atoms with Crippen molar-refractivity contribution in [2.45, 2.75) is 50.5 Å². The number of cyclic esters (lactones) is 1. The van der Waals surface area contributed by atoms with Gasteiger partial charge < -0.3 is 15.0 Å². The third-order valence-corrected chi connectivity index (χ3v) is 7.11. The second-order valence-corrected chi connectivity index (χ2v) is 10.1. The molecule has 1 N–H and O–H groups in total. The van der Waals surface area contributed by atoms with Crippen molar-refractivity contribution in [3.8, 4) is 0 Å². The highest BCUT2D eigenvalue weighted by atomic mass is 16.6. The SMILES string of the molecule is CC(C)(C)c1cccc(C2[C@H]3CN(C(=O)C4CC5(COC(=O)N5)C4)C[C@@H]23)c1. The number of amides is 2. The van der Waals surface area contributed by atoms with Gasteiger partial charge >= 0.3 is 6.09 Å². The first-order valence-corrected chi connectivity index (χ1v) is 10.1. The molecule has 3 atom stereocenters. The lowest BCUT2D eigenvalue weighted by Gasteiger charge is -2.43. The van der Waals surface area contributed by atoms with Crippen molar-refractivity contribution in [2.75, 3.05) is 19.7 Å². The molecule has 2 aliphatic heterocycles. The molecule has 1 aromatic carbocycles. The fourth-order valence-corrected chi connectivity index (χ4v) is 5.44. The highest BCUT2D eigenvalue weighted by molar-refractivity contribution is 5.82. The Morgan fingerprint density at radius 2 is 1.93 bits per heavy atom. The van der Waals surface area contributed by atoms with Crippen molar-refractivity contribution in [1.82, 2.24) is 10.2 Å². The second kappa shape index (κ2) is 5.49. The molecule has 1 spiro atoms. The molecule has 2 amide bonds. The van der Waals surface area contributed by atoms with E-state index in [0.29, 0.717) is 24.4 Å². The van der Waals surface area contributed by atoms with Crippen LogP contribution in [-0.4, -0.2) is 42.1 Å². The van der Waals surface area contributed by atoms with Gasteiger partial charge in [0.25, 0.3) is 0 Å². The van der Waals surface area contributed by atoms with Crippen molar-refractivity contribution in [1.29, 1.82) is 0 Å². The molecule has 2 aliphatic carbocycles. The molecule has 4 fully saturated rings. The largest absolute Gasteiger partial charge is 0.447 e. The maximum atomic E-state index is 12.8. The number of hydrogen-bond donors (Lipinski definition) is 1. The normalized spacial score (nSPS) is 36.9. The molecule has 2 saturated heterocycles. The summed E-state index contributed by atoms with van der Waals surface area (Å²) in [5.74, 6) is 2.18. The summed E-state index contributed by atoms with van der Waals surface area (Å²) < 4.78 is 5.01. The van der Waals surface area contributed by atoms with Gasteiger partial charge in [0.05, 0.1) is 5.54 Å². The van der Waals surface area contributed by atoms with E-state index in [1.165, 1.54) is 11.1 Å². The standard InChI is InChI=1S/C22H28N2O3/c1-21(2,3)15-6-4-5-13(7-15)18-16-10-24(11-17(16)18)19(25)14-8-22(9-14)12-27-20(26)23-22/h4-7,14,16-18H,8-12H2,1-3H3,(H,23,26)/t14?,16-,17+,18?,22?. The summed E-state index contributed by atoms with van der Waals surface area (Å²) in [6.45, 7) is 8.95. The topological polar surface area (TPSA) is 58.6 Å². The number of benzene rings is 1. The molecule has 2 saturated carbocycles. The number of nitrogens with zero attached hydrogens (tertiary/aromatic N) is 1. The molecule has 144 valence electrons. The summed E-state index contributed by atoms with van der Waals surface area (Å²) in [6, 6.07) is 9.02. The Morgan fingerprint density at radius 1 is 1.22 bits per heavy atom. The monoisotopic (exact) mass is 368 g/mol. The zero-order chi connectivity index (χ0) is 19.0. The summed E-state index contributed by atoms with van der Waals surface area (Å²) in [7, 11) is 0. The highest BCUT2D eigenvalue weighted by Crippen LogP contribution is 2.59. The number of nitrogens with one attached hydrogen (secondary N) is 1. The first kappa shape index (κ1) is 17.1. The van der Waals surface area contributed by atoms with Crippen LogP contribution >= 0.6 is 0 Å². The minimum absolute atomic E-state index is 0.0483. The van der Waals surface area contributed by atoms with Crippen molar-refractivity contribution in [2.24, 2.45) is 17.8 Å². The minimum atomic E-state index is -0.344. The molecular formula is C22H28N2O3. The maximum absolute atomic E-state index is 12.8. The van der Waals surface area contributed by atoms with Crippen LogP contribution in [0.25, 0.3) is 0 Å². The van der Waals surface area contributed by atoms with Gasteiger partial charge in [-0.25, -0.2) is 4.79 Å². The Bertz CT molecular complexity index is 794. The van der Waals surface area contributed by atoms with Gasteiger partial charge in [0, 0.05) is 19.0 Å². The number of piperidine rings is 1. The Morgan fingerprint density at radius 3 is 2.52 bits per heavy atom. The van der Waals surface area contributed by atoms with Crippen LogP contribution in [0.2, 0.25) is 0 Å². The first-order chi connectivity index (χ1) is 12.8. The molecule has 4 aliphatic rings. The average molecular weight is 368 g/mol. The fraction of sp³-hybridized carbons (Fsp3) is 0.636. The van der Waals surface area contributed by atoms with E-state index in [9.17, 15) is 9.59 Å². The molecule has 5 heteroatoms. The molecule has 0 bridgehead atoms. The van der Waals surface area contributed by atoms with Crippen molar-refractivity contribution < 1.29 is 14.3 Å². The summed E-state index contributed by atoms with van der Waals surface area (Å²) in [5.41, 5.74) is 2.73. The summed E-state index contributed by atoms with van der Waals surface area (Å²) in [6.07, 6.45) is 1.10. The molecule has 2 heterocycles. The Kier molecular flexibility index (Phi) is 3.47. The van der Waals surface area contributed by atoms with E-state index in [1.54, 1.807) is 0 Å². The zero-order valence-electron chi connectivity index (χ0n) is 16.3. The van der Waals surface area contributed by atoms with Crippen molar-refractivity contribution in [3.63, 3.8) is 0 Å². The Labute approximate surface area is 160 Å². The number of fused-ring (bicyclic) bond motifs is 1. The van der Waals surface area contributed by atoms with Gasteiger partial charge in [0.15, 0.2) is 0 Å². The third kappa shape index (κ3) is 2.74. The van der Waals surface area contributed by atoms with E-state index in [4.69, 9.17) is 4.74 Å². The van der Waals surface area contributed by atoms with Crippen molar-refractivity contribution >= 4 is 12.0 Å². The fourth-order valence-electron chi connectivity index (χ4n) is 5.44. The quantitative estimate of drug-likeness (QED) is 0.873. The predicted octanol–water partition coefficient (Wildman–Crippen LogP) is 3.04. The van der Waals surface area contributed by atoms with E-state index >= 15 is 0 Å². The van der Waals surface area contributed by atoms with E-state index < -0.39 is 0 Å². The molecule has 0 aromatic heterocycles. The first-order valence-electron chi connectivity index (χ1n) is 10.1. The van der Waals surface area contributed by atoms with Crippen LogP contribution in [-0.2, 0) is 14.9 Å². The number of likely N-dealkylation sites (tertiary alicyclic amines) is 1. The van der Waals surface area contributed by atoms with Crippen LogP contribution < -0.4 is 5.32 Å². The van der Waals surface area contributed by atoms with Crippen LogP contribution in [0.1, 0.15) is 50.7 Å². The number of ether oxygens (including phenoxy) is 1. The lowest BCUT2D eigenvalue weighted by molar-refractivity contribution is -0.140. The van der Waals surface area contributed by atoms with Crippen LogP contribution in [0.5, 0.6) is 0 Å². The highest BCUT2D eigenvalue weighted by Gasteiger charge is 2.59. The summed E-state index contributed by atoms with van der Waals surface area (Å²) in [5, 5.41) is 2.87. The van der Waals surface area contributed by atoms with Gasteiger partial charge in [-0.15, -0.1) is 0 Å². The van der Waals surface area contributed by atoms with Gasteiger partial charge in [-0.1, -0.05) is 45.0 Å². The Hall–Kier alpha value is -2.04. The molecule has 5 rings (SSSR count). The number of alkyl carbamates (subject to hydrolysis) is 1. The van der Waals surface area contributed by atoms with E-state index in [2.05, 4.69) is 55.3 Å². The number of hydrogen-bond acceptors (Lipinski definition) is 3. The number of carbonyl (C=O) groups excluding carboxylic acids is 2. The lowest BCUT2D eigenvalue weighted by atomic mass is 9.68. The summed E-state index contributed by atoms with van der Waals surface area (Å²) in [4.78, 5) is 26.1. The van der Waals surface area contributed by atoms with Gasteiger partial charge in [-0.3, -0.25) is 4.79 Å². The van der Waals surface area contributed by atoms with Crippen LogP contribution in [0.4, 0.5) is 4.79 Å². The third-order valence-electron chi connectivity index (χ3n) is 7.11. The zero-order valence-corrected chi connectivity index (χ0v) is 16.3. The number of rotatable bonds is 2. The number of carbonyl (C=O) groups is 2. The molecule has 1 unspecified atom stereocenters. The van der Waals surface area contributed by atoms with E-state index in [-0.39, 0.29) is 28.9 Å². The maximum Gasteiger partial charge on any atom is 0.407 e. The summed E-state index contributed by atoms with van der Waals surface area (Å²) >= 11 is 0. The van der Waals surface area contributed by atoms with E-state index in [0.717, 1.165) is 25.9 Å². The molecule has 27 heavy (non-hydrogen) atoms. The second-order valence-electron chi connectivity index (χ2n) is 10.1. The molecule has 5 nitrogen and oxygen atoms in total.